The van der Waals surface area contributed by atoms with Crippen molar-refractivity contribution in [2.24, 2.45) is 0 Å². The molecular formula is C26H30N4O3S. The van der Waals surface area contributed by atoms with Crippen molar-refractivity contribution in [2.75, 3.05) is 35.8 Å². The second-order valence-electron chi connectivity index (χ2n) is 8.51. The summed E-state index contributed by atoms with van der Waals surface area (Å²) in [5.41, 5.74) is 4.21. The van der Waals surface area contributed by atoms with Crippen molar-refractivity contribution >= 4 is 27.3 Å². The molecule has 1 amide bonds. The lowest BCUT2D eigenvalue weighted by Gasteiger charge is -2.31. The van der Waals surface area contributed by atoms with Gasteiger partial charge in [-0.25, -0.2) is 8.42 Å². The van der Waals surface area contributed by atoms with Crippen molar-refractivity contribution in [1.29, 1.82) is 0 Å². The number of carbonyl (C=O) groups excluding carboxylic acids is 1. The third-order valence-corrected chi connectivity index (χ3v) is 7.40. The summed E-state index contributed by atoms with van der Waals surface area (Å²) in [7, 11) is -3.84. The van der Waals surface area contributed by atoms with Crippen molar-refractivity contribution in [2.45, 2.75) is 25.3 Å². The van der Waals surface area contributed by atoms with Gasteiger partial charge in [0.1, 0.15) is 0 Å². The van der Waals surface area contributed by atoms with E-state index in [0.29, 0.717) is 23.4 Å². The van der Waals surface area contributed by atoms with E-state index in [1.807, 2.05) is 49.4 Å². The zero-order chi connectivity index (χ0) is 24.1. The summed E-state index contributed by atoms with van der Waals surface area (Å²) in [6.45, 7) is 7.22. The Balaban J connectivity index is 1.64. The Morgan fingerprint density at radius 2 is 1.71 bits per heavy atom. The van der Waals surface area contributed by atoms with Gasteiger partial charge in [0.05, 0.1) is 16.3 Å². The topological polar surface area (TPSA) is 90.5 Å². The standard InChI is InChI=1S/C26H30N4O3S/c1-19-8-11-25(20(2)16-19)34(32,33)29-23-17-22(9-10-24(23)30-14-12-27-13-15-30)26(31)28-18-21-6-4-3-5-7-21/h3-11,16-17,27,29H,12-15,18H2,1-2H3,(H,28,31). The SMILES string of the molecule is Cc1ccc(S(=O)(=O)Nc2cc(C(=O)NCc3ccccc3)ccc2N2CCNCC2)c(C)c1. The van der Waals surface area contributed by atoms with Crippen molar-refractivity contribution in [3.05, 3.63) is 89.0 Å². The summed E-state index contributed by atoms with van der Waals surface area (Å²) in [5, 5.41) is 6.22. The van der Waals surface area contributed by atoms with Crippen LogP contribution in [0.5, 0.6) is 0 Å². The number of piperazine rings is 1. The maximum atomic E-state index is 13.3. The number of benzene rings is 3. The van der Waals surface area contributed by atoms with E-state index in [1.165, 1.54) is 0 Å². The smallest absolute Gasteiger partial charge is 0.262 e. The van der Waals surface area contributed by atoms with E-state index in [2.05, 4.69) is 20.3 Å². The lowest BCUT2D eigenvalue weighted by Crippen LogP contribution is -2.43. The van der Waals surface area contributed by atoms with Crippen LogP contribution in [0.3, 0.4) is 0 Å². The molecule has 178 valence electrons. The zero-order valence-electron chi connectivity index (χ0n) is 19.5. The van der Waals surface area contributed by atoms with Gasteiger partial charge in [0, 0.05) is 38.3 Å². The summed E-state index contributed by atoms with van der Waals surface area (Å²) >= 11 is 0. The molecule has 1 aliphatic rings. The number of carbonyl (C=O) groups is 1. The quantitative estimate of drug-likeness (QED) is 0.484. The summed E-state index contributed by atoms with van der Waals surface area (Å²) < 4.78 is 29.4. The van der Waals surface area contributed by atoms with E-state index in [-0.39, 0.29) is 10.8 Å². The molecular weight excluding hydrogens is 448 g/mol. The van der Waals surface area contributed by atoms with E-state index in [1.54, 1.807) is 31.2 Å². The van der Waals surface area contributed by atoms with Gasteiger partial charge in [-0.3, -0.25) is 9.52 Å². The van der Waals surface area contributed by atoms with Gasteiger partial charge in [0.25, 0.3) is 15.9 Å². The van der Waals surface area contributed by atoms with Gasteiger partial charge in [0.15, 0.2) is 0 Å². The monoisotopic (exact) mass is 478 g/mol. The second-order valence-corrected chi connectivity index (χ2v) is 10.2. The average molecular weight is 479 g/mol. The lowest BCUT2D eigenvalue weighted by molar-refractivity contribution is 0.0951. The van der Waals surface area contributed by atoms with Crippen molar-refractivity contribution in [3.8, 4) is 0 Å². The molecule has 3 N–H and O–H groups in total. The van der Waals surface area contributed by atoms with Crippen LogP contribution < -0.4 is 20.3 Å². The van der Waals surface area contributed by atoms with Gasteiger partial charge in [-0.05, 0) is 49.2 Å². The number of sulfonamides is 1. The molecule has 3 aromatic carbocycles. The van der Waals surface area contributed by atoms with Gasteiger partial charge >= 0.3 is 0 Å². The average Bonchev–Trinajstić information content (AvgIpc) is 2.83. The number of aryl methyl sites for hydroxylation is 2. The number of anilines is 2. The normalized spacial score (nSPS) is 14.0. The molecule has 4 rings (SSSR count). The van der Waals surface area contributed by atoms with Crippen LogP contribution in [-0.2, 0) is 16.6 Å². The van der Waals surface area contributed by atoms with Crippen LogP contribution in [-0.4, -0.2) is 40.5 Å². The predicted octanol–water partition coefficient (Wildman–Crippen LogP) is 3.44. The molecule has 0 aromatic heterocycles. The van der Waals surface area contributed by atoms with Gasteiger partial charge in [-0.15, -0.1) is 0 Å². The molecule has 34 heavy (non-hydrogen) atoms. The Kier molecular flexibility index (Phi) is 7.19. The fourth-order valence-electron chi connectivity index (χ4n) is 4.12. The molecule has 1 aliphatic heterocycles. The molecule has 8 heteroatoms. The lowest BCUT2D eigenvalue weighted by atomic mass is 10.1. The molecule has 0 bridgehead atoms. The number of nitrogens with one attached hydrogen (secondary N) is 3. The summed E-state index contributed by atoms with van der Waals surface area (Å²) in [6.07, 6.45) is 0. The predicted molar refractivity (Wildman–Crippen MR) is 136 cm³/mol. The number of nitrogens with zero attached hydrogens (tertiary/aromatic N) is 1. The van der Waals surface area contributed by atoms with Crippen LogP contribution in [0.25, 0.3) is 0 Å². The maximum Gasteiger partial charge on any atom is 0.262 e. The van der Waals surface area contributed by atoms with Crippen molar-refractivity contribution in [1.82, 2.24) is 10.6 Å². The molecule has 0 unspecified atom stereocenters. The first-order valence-corrected chi connectivity index (χ1v) is 12.8. The van der Waals surface area contributed by atoms with E-state index in [0.717, 1.165) is 43.0 Å². The Hall–Kier alpha value is -3.36. The van der Waals surface area contributed by atoms with Crippen LogP contribution >= 0.6 is 0 Å². The van der Waals surface area contributed by atoms with Crippen molar-refractivity contribution < 1.29 is 13.2 Å². The molecule has 7 nitrogen and oxygen atoms in total. The van der Waals surface area contributed by atoms with E-state index < -0.39 is 10.0 Å². The minimum atomic E-state index is -3.84. The third kappa shape index (κ3) is 5.58. The molecule has 0 saturated carbocycles. The van der Waals surface area contributed by atoms with E-state index >= 15 is 0 Å². The summed E-state index contributed by atoms with van der Waals surface area (Å²) in [5.74, 6) is -0.261. The number of amides is 1. The molecule has 0 radical (unpaired) electrons. The fourth-order valence-corrected chi connectivity index (χ4v) is 5.41. The Morgan fingerprint density at radius 1 is 0.971 bits per heavy atom. The second kappa shape index (κ2) is 10.3. The van der Waals surface area contributed by atoms with Gasteiger partial charge < -0.3 is 15.5 Å². The first-order valence-electron chi connectivity index (χ1n) is 11.4. The Morgan fingerprint density at radius 3 is 2.41 bits per heavy atom. The molecule has 1 saturated heterocycles. The highest BCUT2D eigenvalue weighted by Gasteiger charge is 2.22. The summed E-state index contributed by atoms with van der Waals surface area (Å²) in [4.78, 5) is 15.2. The molecule has 3 aromatic rings. The van der Waals surface area contributed by atoms with Crippen LogP contribution in [0, 0.1) is 13.8 Å². The summed E-state index contributed by atoms with van der Waals surface area (Å²) in [6, 6.07) is 20.1. The van der Waals surface area contributed by atoms with Gasteiger partial charge in [-0.1, -0.05) is 48.0 Å². The minimum Gasteiger partial charge on any atom is -0.367 e. The van der Waals surface area contributed by atoms with E-state index in [4.69, 9.17) is 0 Å². The largest absolute Gasteiger partial charge is 0.367 e. The fraction of sp³-hybridized carbons (Fsp3) is 0.269. The molecule has 1 heterocycles. The zero-order valence-corrected chi connectivity index (χ0v) is 20.3. The number of hydrogen-bond donors (Lipinski definition) is 3. The van der Waals surface area contributed by atoms with E-state index in [9.17, 15) is 13.2 Å². The molecule has 0 aliphatic carbocycles. The third-order valence-electron chi connectivity index (χ3n) is 5.88. The van der Waals surface area contributed by atoms with Gasteiger partial charge in [0.2, 0.25) is 0 Å². The van der Waals surface area contributed by atoms with Crippen LogP contribution in [0.2, 0.25) is 0 Å². The first kappa shape index (κ1) is 23.8. The van der Waals surface area contributed by atoms with Gasteiger partial charge in [-0.2, -0.15) is 0 Å². The van der Waals surface area contributed by atoms with Crippen molar-refractivity contribution in [3.63, 3.8) is 0 Å². The highest BCUT2D eigenvalue weighted by molar-refractivity contribution is 7.92. The Bertz CT molecular complexity index is 1270. The molecule has 1 fully saturated rings. The highest BCUT2D eigenvalue weighted by atomic mass is 32.2. The highest BCUT2D eigenvalue weighted by Crippen LogP contribution is 2.31. The number of rotatable bonds is 7. The molecule has 0 atom stereocenters. The van der Waals surface area contributed by atoms with Crippen LogP contribution in [0.4, 0.5) is 11.4 Å². The van der Waals surface area contributed by atoms with Crippen LogP contribution in [0.1, 0.15) is 27.0 Å². The maximum absolute atomic E-state index is 13.3. The minimum absolute atomic E-state index is 0.225. The number of hydrogen-bond acceptors (Lipinski definition) is 5. The first-order chi connectivity index (χ1) is 16.3. The molecule has 0 spiro atoms. The Labute approximate surface area is 201 Å². The van der Waals surface area contributed by atoms with Crippen LogP contribution in [0.15, 0.2) is 71.6 Å².